The van der Waals surface area contributed by atoms with Gasteiger partial charge in [0.25, 0.3) is 0 Å². The molecule has 0 aromatic heterocycles. The molecule has 0 aromatic carbocycles. The highest BCUT2D eigenvalue weighted by molar-refractivity contribution is 5.30. The summed E-state index contributed by atoms with van der Waals surface area (Å²) < 4.78 is 0. The fourth-order valence-electron chi connectivity index (χ4n) is 11.3. The summed E-state index contributed by atoms with van der Waals surface area (Å²) in [5.41, 5.74) is 0.949. The van der Waals surface area contributed by atoms with Crippen LogP contribution < -0.4 is 0 Å². The van der Waals surface area contributed by atoms with Crippen molar-refractivity contribution >= 4 is 0 Å². The van der Waals surface area contributed by atoms with Crippen molar-refractivity contribution in [1.29, 1.82) is 0 Å². The lowest BCUT2D eigenvalue weighted by atomic mass is 9.41. The van der Waals surface area contributed by atoms with E-state index in [1.807, 2.05) is 0 Å². The van der Waals surface area contributed by atoms with Gasteiger partial charge in [-0.15, -0.1) is 0 Å². The van der Waals surface area contributed by atoms with Crippen LogP contribution in [0.15, 0.2) is 0 Å². The van der Waals surface area contributed by atoms with Crippen molar-refractivity contribution in [3.63, 3.8) is 0 Å². The predicted molar refractivity (Wildman–Crippen MR) is 134 cm³/mol. The van der Waals surface area contributed by atoms with Gasteiger partial charge in [-0.25, -0.2) is 0 Å². The van der Waals surface area contributed by atoms with E-state index in [0.29, 0.717) is 39.9 Å². The minimum atomic E-state index is -1.01. The maximum Gasteiger partial charge on any atom is 0.0849 e. The molecule has 10 atom stereocenters. The molecule has 5 saturated carbocycles. The quantitative estimate of drug-likeness (QED) is 0.449. The van der Waals surface area contributed by atoms with Crippen LogP contribution >= 0.6 is 0 Å². The van der Waals surface area contributed by atoms with Crippen LogP contribution in [0.3, 0.4) is 0 Å². The Hall–Kier alpha value is -0.120. The summed E-state index contributed by atoms with van der Waals surface area (Å²) in [5, 5.41) is 31.5. The van der Waals surface area contributed by atoms with Gasteiger partial charge >= 0.3 is 0 Å². The summed E-state index contributed by atoms with van der Waals surface area (Å²) in [6, 6.07) is 0. The Morgan fingerprint density at radius 2 is 1.45 bits per heavy atom. The van der Waals surface area contributed by atoms with Gasteiger partial charge in [0.2, 0.25) is 0 Å². The number of fused-ring (bicyclic) bond motifs is 2. The molecule has 0 bridgehead atoms. The van der Waals surface area contributed by atoms with Crippen LogP contribution in [0.1, 0.15) is 119 Å². The number of aliphatic hydroxyl groups is 3. The highest BCUT2D eigenvalue weighted by atomic mass is 16.3. The first kappa shape index (κ1) is 24.6. The first-order valence-electron chi connectivity index (χ1n) is 14.2. The van der Waals surface area contributed by atoms with Gasteiger partial charge < -0.3 is 15.3 Å². The molecule has 0 saturated heterocycles. The van der Waals surface area contributed by atoms with Gasteiger partial charge in [0, 0.05) is 0 Å². The second kappa shape index (κ2) is 7.22. The largest absolute Gasteiger partial charge is 0.393 e. The highest BCUT2D eigenvalue weighted by Gasteiger charge is 2.82. The smallest absolute Gasteiger partial charge is 0.0849 e. The zero-order valence-electron chi connectivity index (χ0n) is 22.6. The van der Waals surface area contributed by atoms with E-state index in [1.165, 1.54) is 51.4 Å². The van der Waals surface area contributed by atoms with Crippen LogP contribution in [0.2, 0.25) is 0 Å². The first-order chi connectivity index (χ1) is 15.2. The molecule has 5 aliphatic rings. The van der Waals surface area contributed by atoms with Gasteiger partial charge in [-0.05, 0) is 135 Å². The fraction of sp³-hybridized carbons (Fsp3) is 1.00. The van der Waals surface area contributed by atoms with Crippen molar-refractivity contribution in [2.75, 3.05) is 0 Å². The Kier molecular flexibility index (Phi) is 5.38. The topological polar surface area (TPSA) is 60.7 Å². The molecule has 0 amide bonds. The molecule has 0 radical (unpaired) electrons. The van der Waals surface area contributed by atoms with Gasteiger partial charge in [-0.3, -0.25) is 0 Å². The first-order valence-corrected chi connectivity index (χ1v) is 14.2. The zero-order chi connectivity index (χ0) is 24.2. The molecule has 0 heterocycles. The zero-order valence-corrected chi connectivity index (χ0v) is 22.6. The SMILES string of the molecule is C[C@H](CC[C@@H](O)C(C)(C)O)[C@H]1CC[C@@]2(C)[C@@H]3CC[C@@H]4C(C)(C)[C@H](O)CC[C@@]45C[C@@]35CC[C@]12C. The van der Waals surface area contributed by atoms with E-state index in [2.05, 4.69) is 34.6 Å². The Morgan fingerprint density at radius 3 is 2.12 bits per heavy atom. The van der Waals surface area contributed by atoms with E-state index < -0.39 is 11.7 Å². The van der Waals surface area contributed by atoms with Crippen LogP contribution in [0.25, 0.3) is 0 Å². The molecule has 5 fully saturated rings. The van der Waals surface area contributed by atoms with Crippen LogP contribution in [-0.4, -0.2) is 33.1 Å². The van der Waals surface area contributed by atoms with E-state index in [0.717, 1.165) is 24.7 Å². The Bertz CT molecular complexity index is 784. The Labute approximate surface area is 203 Å². The summed E-state index contributed by atoms with van der Waals surface area (Å²) in [6.45, 7) is 15.9. The molecule has 0 aliphatic heterocycles. The number of hydrogen-bond acceptors (Lipinski definition) is 3. The van der Waals surface area contributed by atoms with Crippen molar-refractivity contribution in [3.8, 4) is 0 Å². The molecule has 0 aromatic rings. The highest BCUT2D eigenvalue weighted by Crippen LogP contribution is 2.89. The van der Waals surface area contributed by atoms with Crippen molar-refractivity contribution in [3.05, 3.63) is 0 Å². The van der Waals surface area contributed by atoms with E-state index >= 15 is 0 Å². The molecule has 3 heteroatoms. The van der Waals surface area contributed by atoms with E-state index in [9.17, 15) is 15.3 Å². The van der Waals surface area contributed by atoms with E-state index in [4.69, 9.17) is 0 Å². The molecule has 0 unspecified atom stereocenters. The lowest BCUT2D eigenvalue weighted by Gasteiger charge is -2.63. The average Bonchev–Trinajstić information content (AvgIpc) is 3.31. The van der Waals surface area contributed by atoms with Crippen LogP contribution in [0, 0.1) is 50.7 Å². The monoisotopic (exact) mass is 460 g/mol. The van der Waals surface area contributed by atoms with Crippen molar-refractivity contribution in [2.45, 2.75) is 137 Å². The average molecular weight is 461 g/mol. The lowest BCUT2D eigenvalue weighted by Crippen LogP contribution is -2.57. The maximum absolute atomic E-state index is 10.8. The molecule has 3 nitrogen and oxygen atoms in total. The summed E-state index contributed by atoms with van der Waals surface area (Å²) in [4.78, 5) is 0. The van der Waals surface area contributed by atoms with Gasteiger partial charge in [0.05, 0.1) is 17.8 Å². The predicted octanol–water partition coefficient (Wildman–Crippen LogP) is 6.33. The van der Waals surface area contributed by atoms with Gasteiger partial charge in [0.1, 0.15) is 0 Å². The van der Waals surface area contributed by atoms with Crippen LogP contribution in [0.5, 0.6) is 0 Å². The third kappa shape index (κ3) is 3.03. The fourth-order valence-corrected chi connectivity index (χ4v) is 11.3. The Balaban J connectivity index is 1.37. The molecular formula is C30H52O3. The number of hydrogen-bond donors (Lipinski definition) is 3. The minimum Gasteiger partial charge on any atom is -0.393 e. The molecule has 3 N–H and O–H groups in total. The van der Waals surface area contributed by atoms with Crippen molar-refractivity contribution < 1.29 is 15.3 Å². The van der Waals surface area contributed by atoms with Crippen LogP contribution in [-0.2, 0) is 0 Å². The standard InChI is InChI=1S/C30H52O3/c1-19(8-11-24(32)26(4,5)33)20-12-14-28(7)22-10-9-21-25(2,3)23(31)13-15-29(21)18-30(22,29)17-16-27(20,28)6/h19-24,31-33H,8-18H2,1-7H3/t19-,20-,21-,22+,23-,24-,27-,28+,29-,30+/m1/s1. The molecule has 190 valence electrons. The van der Waals surface area contributed by atoms with Gasteiger partial charge in [-0.2, -0.15) is 0 Å². The molecule has 33 heavy (non-hydrogen) atoms. The summed E-state index contributed by atoms with van der Waals surface area (Å²) in [7, 11) is 0. The third-order valence-corrected chi connectivity index (χ3v) is 13.6. The molecular weight excluding hydrogens is 408 g/mol. The normalized spacial score (nSPS) is 52.2. The third-order valence-electron chi connectivity index (χ3n) is 13.6. The van der Waals surface area contributed by atoms with Crippen molar-refractivity contribution in [2.24, 2.45) is 50.7 Å². The van der Waals surface area contributed by atoms with E-state index in [-0.39, 0.29) is 11.5 Å². The summed E-state index contributed by atoms with van der Waals surface area (Å²) in [6.07, 6.45) is 12.8. The minimum absolute atomic E-state index is 0.0718. The molecule has 5 aliphatic carbocycles. The summed E-state index contributed by atoms with van der Waals surface area (Å²) >= 11 is 0. The van der Waals surface area contributed by atoms with Crippen molar-refractivity contribution in [1.82, 2.24) is 0 Å². The summed E-state index contributed by atoms with van der Waals surface area (Å²) in [5.74, 6) is 2.88. The lowest BCUT2D eigenvalue weighted by molar-refractivity contribution is -0.161. The molecule has 5 rings (SSSR count). The number of aliphatic hydroxyl groups excluding tert-OH is 2. The van der Waals surface area contributed by atoms with Crippen LogP contribution in [0.4, 0.5) is 0 Å². The second-order valence-electron chi connectivity index (χ2n) is 15.3. The second-order valence-corrected chi connectivity index (χ2v) is 15.3. The Morgan fingerprint density at radius 1 is 0.818 bits per heavy atom. The van der Waals surface area contributed by atoms with Gasteiger partial charge in [-0.1, -0.05) is 34.6 Å². The van der Waals surface area contributed by atoms with E-state index in [1.54, 1.807) is 13.8 Å². The van der Waals surface area contributed by atoms with Gasteiger partial charge in [0.15, 0.2) is 0 Å². The maximum atomic E-state index is 10.8. The molecule has 2 spiro atoms. The number of rotatable bonds is 5.